The maximum Gasteiger partial charge on any atom is 0.242 e. The largest absolute Gasteiger partial charge is 0.350 e. The molecule has 7 heteroatoms. The number of amides is 3. The van der Waals surface area contributed by atoms with E-state index in [4.69, 9.17) is 0 Å². The van der Waals surface area contributed by atoms with Gasteiger partial charge >= 0.3 is 0 Å². The maximum absolute atomic E-state index is 12.5. The molecule has 0 saturated carbocycles. The number of aryl methyl sites for hydroxylation is 1. The molecule has 0 aromatic heterocycles. The minimum absolute atomic E-state index is 0.000947. The molecule has 1 heterocycles. The van der Waals surface area contributed by atoms with Gasteiger partial charge in [-0.1, -0.05) is 30.3 Å². The standard InChI is InChI=1S/C22H34N4O3/c1-22(2,3)23-19(27)16-25-12-14-26(15-13-25)21(29)17-24(4)20(28)11-10-18-8-6-5-7-9-18/h5-9H,10-17H2,1-4H3,(H,23,27). The van der Waals surface area contributed by atoms with Crippen LogP contribution in [0, 0.1) is 0 Å². The monoisotopic (exact) mass is 402 g/mol. The van der Waals surface area contributed by atoms with E-state index < -0.39 is 0 Å². The summed E-state index contributed by atoms with van der Waals surface area (Å²) in [6.07, 6.45) is 1.07. The van der Waals surface area contributed by atoms with Crippen molar-refractivity contribution < 1.29 is 14.4 Å². The molecule has 160 valence electrons. The van der Waals surface area contributed by atoms with E-state index in [1.807, 2.05) is 51.1 Å². The number of nitrogens with one attached hydrogen (secondary N) is 1. The lowest BCUT2D eigenvalue weighted by Crippen LogP contribution is -2.54. The van der Waals surface area contributed by atoms with Crippen LogP contribution in [0.3, 0.4) is 0 Å². The fourth-order valence-corrected chi connectivity index (χ4v) is 3.29. The molecule has 0 spiro atoms. The highest BCUT2D eigenvalue weighted by atomic mass is 16.2. The van der Waals surface area contributed by atoms with Crippen molar-refractivity contribution in [2.24, 2.45) is 0 Å². The molecule has 1 aliphatic heterocycles. The van der Waals surface area contributed by atoms with Gasteiger partial charge in [-0.2, -0.15) is 0 Å². The first-order chi connectivity index (χ1) is 13.6. The topological polar surface area (TPSA) is 73.0 Å². The van der Waals surface area contributed by atoms with Crippen LogP contribution in [-0.4, -0.2) is 84.3 Å². The molecule has 29 heavy (non-hydrogen) atoms. The molecule has 1 aliphatic rings. The number of carbonyl (C=O) groups excluding carboxylic acids is 3. The molecule has 0 aliphatic carbocycles. The van der Waals surface area contributed by atoms with Crippen LogP contribution in [0.5, 0.6) is 0 Å². The summed E-state index contributed by atoms with van der Waals surface area (Å²) in [5.41, 5.74) is 0.874. The quantitative estimate of drug-likeness (QED) is 0.742. The van der Waals surface area contributed by atoms with Gasteiger partial charge in [0.05, 0.1) is 13.1 Å². The van der Waals surface area contributed by atoms with E-state index in [9.17, 15) is 14.4 Å². The van der Waals surface area contributed by atoms with Crippen LogP contribution < -0.4 is 5.32 Å². The third-order valence-corrected chi connectivity index (χ3v) is 4.88. The zero-order chi connectivity index (χ0) is 21.4. The Balaban J connectivity index is 1.70. The molecule has 1 N–H and O–H groups in total. The minimum Gasteiger partial charge on any atom is -0.350 e. The fourth-order valence-electron chi connectivity index (χ4n) is 3.29. The summed E-state index contributed by atoms with van der Waals surface area (Å²) in [7, 11) is 1.68. The molecule has 3 amide bonds. The lowest BCUT2D eigenvalue weighted by atomic mass is 10.1. The number of benzene rings is 1. The molecule has 0 radical (unpaired) electrons. The Morgan fingerprint density at radius 3 is 2.24 bits per heavy atom. The van der Waals surface area contributed by atoms with Gasteiger partial charge < -0.3 is 15.1 Å². The van der Waals surface area contributed by atoms with Crippen molar-refractivity contribution in [3.8, 4) is 0 Å². The summed E-state index contributed by atoms with van der Waals surface area (Å²) in [6, 6.07) is 9.87. The zero-order valence-corrected chi connectivity index (χ0v) is 18.1. The molecule has 1 saturated heterocycles. The minimum atomic E-state index is -0.244. The van der Waals surface area contributed by atoms with Crippen LogP contribution in [0.1, 0.15) is 32.8 Å². The van der Waals surface area contributed by atoms with Crippen LogP contribution in [0.15, 0.2) is 30.3 Å². The Kier molecular flexibility index (Phi) is 8.20. The van der Waals surface area contributed by atoms with Crippen molar-refractivity contribution >= 4 is 17.7 Å². The van der Waals surface area contributed by atoms with Crippen molar-refractivity contribution in [2.45, 2.75) is 39.2 Å². The van der Waals surface area contributed by atoms with Gasteiger partial charge in [0.1, 0.15) is 0 Å². The summed E-state index contributed by atoms with van der Waals surface area (Å²) in [5, 5.41) is 2.96. The smallest absolute Gasteiger partial charge is 0.242 e. The van der Waals surface area contributed by atoms with Crippen LogP contribution in [0.2, 0.25) is 0 Å². The van der Waals surface area contributed by atoms with Gasteiger partial charge in [-0.05, 0) is 32.8 Å². The normalized spacial score (nSPS) is 15.1. The first-order valence-corrected chi connectivity index (χ1v) is 10.2. The number of rotatable bonds is 7. The van der Waals surface area contributed by atoms with Gasteiger partial charge in [0.2, 0.25) is 17.7 Å². The molecule has 1 aromatic carbocycles. The van der Waals surface area contributed by atoms with E-state index in [0.29, 0.717) is 45.6 Å². The zero-order valence-electron chi connectivity index (χ0n) is 18.1. The molecule has 1 fully saturated rings. The van der Waals surface area contributed by atoms with Gasteiger partial charge in [-0.3, -0.25) is 19.3 Å². The van der Waals surface area contributed by atoms with Crippen molar-refractivity contribution in [2.75, 3.05) is 46.3 Å². The highest BCUT2D eigenvalue weighted by Gasteiger charge is 2.25. The number of hydrogen-bond acceptors (Lipinski definition) is 4. The third kappa shape index (κ3) is 8.23. The van der Waals surface area contributed by atoms with Crippen LogP contribution >= 0.6 is 0 Å². The lowest BCUT2D eigenvalue weighted by molar-refractivity contribution is -0.140. The van der Waals surface area contributed by atoms with Gasteiger partial charge in [-0.25, -0.2) is 0 Å². The second-order valence-corrected chi connectivity index (χ2v) is 8.69. The highest BCUT2D eigenvalue weighted by molar-refractivity contribution is 5.85. The van der Waals surface area contributed by atoms with E-state index >= 15 is 0 Å². The molecular formula is C22H34N4O3. The van der Waals surface area contributed by atoms with Crippen molar-refractivity contribution in [1.82, 2.24) is 20.0 Å². The number of piperazine rings is 1. The summed E-state index contributed by atoms with van der Waals surface area (Å²) in [6.45, 7) is 8.79. The fraction of sp³-hybridized carbons (Fsp3) is 0.591. The maximum atomic E-state index is 12.5. The first kappa shape index (κ1) is 22.9. The Bertz CT molecular complexity index is 692. The van der Waals surface area contributed by atoms with E-state index in [1.165, 1.54) is 4.90 Å². The van der Waals surface area contributed by atoms with E-state index in [2.05, 4.69) is 10.2 Å². The van der Waals surface area contributed by atoms with Gasteiger partial charge in [0.25, 0.3) is 0 Å². The second kappa shape index (κ2) is 10.4. The molecule has 0 bridgehead atoms. The predicted octanol–water partition coefficient (Wildman–Crippen LogP) is 1.14. The molecule has 0 unspecified atom stereocenters. The third-order valence-electron chi connectivity index (χ3n) is 4.88. The highest BCUT2D eigenvalue weighted by Crippen LogP contribution is 2.07. The van der Waals surface area contributed by atoms with Crippen LogP contribution in [-0.2, 0) is 20.8 Å². The Morgan fingerprint density at radius 2 is 1.66 bits per heavy atom. The second-order valence-electron chi connectivity index (χ2n) is 8.69. The SMILES string of the molecule is CN(CC(=O)N1CCN(CC(=O)NC(C)(C)C)CC1)C(=O)CCc1ccccc1. The van der Waals surface area contributed by atoms with E-state index in [0.717, 1.165) is 5.56 Å². The van der Waals surface area contributed by atoms with E-state index in [-0.39, 0.29) is 29.8 Å². The number of carbonyl (C=O) groups is 3. The molecule has 7 nitrogen and oxygen atoms in total. The van der Waals surface area contributed by atoms with Crippen LogP contribution in [0.25, 0.3) is 0 Å². The summed E-state index contributed by atoms with van der Waals surface area (Å²) in [4.78, 5) is 42.3. The molecule has 1 aromatic rings. The average molecular weight is 403 g/mol. The van der Waals surface area contributed by atoms with Gasteiger partial charge in [0.15, 0.2) is 0 Å². The average Bonchev–Trinajstić information content (AvgIpc) is 2.65. The molecular weight excluding hydrogens is 368 g/mol. The lowest BCUT2D eigenvalue weighted by Gasteiger charge is -2.35. The number of hydrogen-bond donors (Lipinski definition) is 1. The number of likely N-dealkylation sites (N-methyl/N-ethyl adjacent to an activating group) is 1. The van der Waals surface area contributed by atoms with Crippen molar-refractivity contribution in [3.05, 3.63) is 35.9 Å². The molecule has 2 rings (SSSR count). The van der Waals surface area contributed by atoms with Gasteiger partial charge in [0, 0.05) is 45.2 Å². The summed E-state index contributed by atoms with van der Waals surface area (Å²) < 4.78 is 0. The van der Waals surface area contributed by atoms with Crippen molar-refractivity contribution in [3.63, 3.8) is 0 Å². The predicted molar refractivity (Wildman–Crippen MR) is 113 cm³/mol. The van der Waals surface area contributed by atoms with Crippen LogP contribution in [0.4, 0.5) is 0 Å². The van der Waals surface area contributed by atoms with Gasteiger partial charge in [-0.15, -0.1) is 0 Å². The number of nitrogens with zero attached hydrogens (tertiary/aromatic N) is 3. The summed E-state index contributed by atoms with van der Waals surface area (Å²) in [5.74, 6) is -0.0694. The van der Waals surface area contributed by atoms with Crippen molar-refractivity contribution in [1.29, 1.82) is 0 Å². The first-order valence-electron chi connectivity index (χ1n) is 10.2. The Hall–Kier alpha value is -2.41. The Labute approximate surface area is 174 Å². The molecule has 0 atom stereocenters. The summed E-state index contributed by atoms with van der Waals surface area (Å²) >= 11 is 0. The van der Waals surface area contributed by atoms with E-state index in [1.54, 1.807) is 11.9 Å². The Morgan fingerprint density at radius 1 is 1.03 bits per heavy atom.